The maximum atomic E-state index is 10.6. The molecule has 0 aromatic heterocycles. The van der Waals surface area contributed by atoms with E-state index in [4.69, 9.17) is 9.78 Å². The molecule has 0 radical (unpaired) electrons. The summed E-state index contributed by atoms with van der Waals surface area (Å²) >= 11 is 0. The molecule has 2 N–H and O–H groups in total. The first-order valence-electron chi connectivity index (χ1n) is 7.19. The summed E-state index contributed by atoms with van der Waals surface area (Å²) in [6.07, 6.45) is 7.70. The number of hydrogen-bond acceptors (Lipinski definition) is 4. The van der Waals surface area contributed by atoms with Crippen molar-refractivity contribution in [2.45, 2.75) is 83.2 Å². The Bertz CT molecular complexity index is 284. The fraction of sp³-hybridized carbons (Fsp3) is 1.00. The zero-order valence-corrected chi connectivity index (χ0v) is 11.6. The van der Waals surface area contributed by atoms with Gasteiger partial charge in [0.05, 0.1) is 0 Å². The molecule has 0 amide bonds. The van der Waals surface area contributed by atoms with Crippen LogP contribution in [0.1, 0.15) is 71.6 Å². The summed E-state index contributed by atoms with van der Waals surface area (Å²) in [5.41, 5.74) is -0.337. The number of aliphatic hydroxyl groups is 2. The highest BCUT2D eigenvalue weighted by Crippen LogP contribution is 2.45. The fourth-order valence-electron chi connectivity index (χ4n) is 2.95. The van der Waals surface area contributed by atoms with Gasteiger partial charge in [0, 0.05) is 24.7 Å². The number of rotatable bonds is 3. The molecule has 18 heavy (non-hydrogen) atoms. The minimum atomic E-state index is -1.28. The Labute approximate surface area is 109 Å². The molecule has 1 atom stereocenters. The largest absolute Gasteiger partial charge is 0.363 e. The highest BCUT2D eigenvalue weighted by molar-refractivity contribution is 4.89. The van der Waals surface area contributed by atoms with Crippen LogP contribution >= 0.6 is 0 Å². The quantitative estimate of drug-likeness (QED) is 0.464. The van der Waals surface area contributed by atoms with Crippen LogP contribution in [0.4, 0.5) is 0 Å². The maximum Gasteiger partial charge on any atom is 0.204 e. The third-order valence-corrected chi connectivity index (χ3v) is 4.59. The van der Waals surface area contributed by atoms with Crippen molar-refractivity contribution < 1.29 is 20.0 Å². The van der Waals surface area contributed by atoms with Crippen LogP contribution in [0, 0.1) is 5.41 Å². The molecule has 0 aromatic carbocycles. The normalized spacial score (nSPS) is 35.3. The van der Waals surface area contributed by atoms with Crippen LogP contribution < -0.4 is 0 Å². The van der Waals surface area contributed by atoms with Crippen molar-refractivity contribution in [3.8, 4) is 0 Å². The molecule has 0 aromatic rings. The van der Waals surface area contributed by atoms with Gasteiger partial charge >= 0.3 is 0 Å². The minimum absolute atomic E-state index is 0.337. The van der Waals surface area contributed by atoms with Gasteiger partial charge in [0.1, 0.15) is 0 Å². The molecule has 0 heterocycles. The molecule has 2 saturated carbocycles. The van der Waals surface area contributed by atoms with Gasteiger partial charge in [0.15, 0.2) is 5.79 Å². The van der Waals surface area contributed by atoms with E-state index in [1.807, 2.05) is 13.8 Å². The molecule has 0 spiro atoms. The van der Waals surface area contributed by atoms with Crippen molar-refractivity contribution in [3.63, 3.8) is 0 Å². The summed E-state index contributed by atoms with van der Waals surface area (Å²) in [6, 6.07) is 0. The Kier molecular flexibility index (Phi) is 4.02. The van der Waals surface area contributed by atoms with E-state index in [0.29, 0.717) is 19.3 Å². The molecule has 0 bridgehead atoms. The molecule has 0 aliphatic heterocycles. The molecular weight excluding hydrogens is 232 g/mol. The monoisotopic (exact) mass is 258 g/mol. The average Bonchev–Trinajstić information content (AvgIpc) is 2.32. The Morgan fingerprint density at radius 2 is 1.28 bits per heavy atom. The van der Waals surface area contributed by atoms with Gasteiger partial charge in [-0.25, -0.2) is 0 Å². The molecule has 4 nitrogen and oxygen atoms in total. The number of hydrogen-bond donors (Lipinski definition) is 2. The van der Waals surface area contributed by atoms with Gasteiger partial charge in [-0.2, -0.15) is 9.78 Å². The third-order valence-electron chi connectivity index (χ3n) is 4.59. The lowest BCUT2D eigenvalue weighted by Gasteiger charge is -2.45. The summed E-state index contributed by atoms with van der Waals surface area (Å²) in [6.45, 7) is 3.97. The summed E-state index contributed by atoms with van der Waals surface area (Å²) in [4.78, 5) is 10.6. The molecule has 2 fully saturated rings. The predicted molar refractivity (Wildman–Crippen MR) is 67.4 cm³/mol. The molecule has 2 rings (SSSR count). The minimum Gasteiger partial charge on any atom is -0.363 e. The molecule has 2 aliphatic carbocycles. The van der Waals surface area contributed by atoms with Crippen LogP contribution in [0.15, 0.2) is 0 Å². The molecule has 106 valence electrons. The van der Waals surface area contributed by atoms with Gasteiger partial charge < -0.3 is 10.2 Å². The topological polar surface area (TPSA) is 58.9 Å². The zero-order chi connectivity index (χ0) is 13.3. The Hall–Kier alpha value is -0.160. The zero-order valence-electron chi connectivity index (χ0n) is 11.6. The first-order valence-corrected chi connectivity index (χ1v) is 7.19. The van der Waals surface area contributed by atoms with Gasteiger partial charge in [-0.3, -0.25) is 0 Å². The van der Waals surface area contributed by atoms with Crippen molar-refractivity contribution in [2.24, 2.45) is 5.41 Å². The fourth-order valence-corrected chi connectivity index (χ4v) is 2.95. The van der Waals surface area contributed by atoms with E-state index in [0.717, 1.165) is 38.5 Å². The predicted octanol–water partition coefficient (Wildman–Crippen LogP) is 2.88. The molecule has 2 aliphatic rings. The second kappa shape index (κ2) is 5.08. The smallest absolute Gasteiger partial charge is 0.204 e. The van der Waals surface area contributed by atoms with E-state index in [1.54, 1.807) is 0 Å². The summed E-state index contributed by atoms with van der Waals surface area (Å²) in [5, 5.41) is 20.8. The van der Waals surface area contributed by atoms with Crippen molar-refractivity contribution in [1.29, 1.82) is 0 Å². The third kappa shape index (κ3) is 2.87. The van der Waals surface area contributed by atoms with Crippen molar-refractivity contribution in [3.05, 3.63) is 0 Å². The average molecular weight is 258 g/mol. The van der Waals surface area contributed by atoms with Crippen molar-refractivity contribution in [1.82, 2.24) is 0 Å². The Balaban J connectivity index is 1.95. The second-order valence-corrected chi connectivity index (χ2v) is 6.55. The summed E-state index contributed by atoms with van der Waals surface area (Å²) in [7, 11) is 0. The summed E-state index contributed by atoms with van der Waals surface area (Å²) in [5.74, 6) is -2.49. The molecular formula is C14H26O4. The van der Waals surface area contributed by atoms with Crippen LogP contribution in [-0.4, -0.2) is 21.8 Å². The Morgan fingerprint density at radius 3 is 1.89 bits per heavy atom. The molecule has 0 saturated heterocycles. The lowest BCUT2D eigenvalue weighted by molar-refractivity contribution is -0.518. The van der Waals surface area contributed by atoms with E-state index in [2.05, 4.69) is 0 Å². The maximum absolute atomic E-state index is 10.6. The van der Waals surface area contributed by atoms with Gasteiger partial charge in [-0.15, -0.1) is 0 Å². The van der Waals surface area contributed by atoms with Gasteiger partial charge in [-0.1, -0.05) is 26.7 Å². The van der Waals surface area contributed by atoms with Gasteiger partial charge in [0.2, 0.25) is 5.79 Å². The summed E-state index contributed by atoms with van der Waals surface area (Å²) < 4.78 is 0. The Morgan fingerprint density at radius 1 is 0.722 bits per heavy atom. The van der Waals surface area contributed by atoms with Gasteiger partial charge in [0.25, 0.3) is 0 Å². The second-order valence-electron chi connectivity index (χ2n) is 6.55. The lowest BCUT2D eigenvalue weighted by Crippen LogP contribution is -2.51. The van der Waals surface area contributed by atoms with Crippen molar-refractivity contribution >= 4 is 0 Å². The van der Waals surface area contributed by atoms with Crippen LogP contribution in [0.3, 0.4) is 0 Å². The lowest BCUT2D eigenvalue weighted by atomic mass is 9.72. The van der Waals surface area contributed by atoms with E-state index in [9.17, 15) is 10.2 Å². The van der Waals surface area contributed by atoms with E-state index >= 15 is 0 Å². The standard InChI is InChI=1S/C14H26O4/c1-12(2)8-6-7-11-14(12,16)18-17-13(15)9-4-3-5-10-13/h15-16H,3-11H2,1-2H3. The van der Waals surface area contributed by atoms with Gasteiger partial charge in [-0.05, 0) is 25.7 Å². The van der Waals surface area contributed by atoms with Crippen LogP contribution in [-0.2, 0) is 9.78 Å². The highest BCUT2D eigenvalue weighted by Gasteiger charge is 2.49. The van der Waals surface area contributed by atoms with E-state index < -0.39 is 11.6 Å². The van der Waals surface area contributed by atoms with E-state index in [1.165, 1.54) is 0 Å². The molecule has 4 heteroatoms. The van der Waals surface area contributed by atoms with Crippen molar-refractivity contribution in [2.75, 3.05) is 0 Å². The highest BCUT2D eigenvalue weighted by atomic mass is 17.2. The van der Waals surface area contributed by atoms with Crippen LogP contribution in [0.5, 0.6) is 0 Å². The SMILES string of the molecule is CC1(C)CCCCC1(O)OOC1(O)CCCCC1. The van der Waals surface area contributed by atoms with Crippen LogP contribution in [0.2, 0.25) is 0 Å². The molecule has 1 unspecified atom stereocenters. The first-order chi connectivity index (χ1) is 8.37. The van der Waals surface area contributed by atoms with E-state index in [-0.39, 0.29) is 5.41 Å². The van der Waals surface area contributed by atoms with Crippen LogP contribution in [0.25, 0.3) is 0 Å². The first kappa shape index (κ1) is 14.3.